The van der Waals surface area contributed by atoms with E-state index < -0.39 is 23.3 Å². The molecule has 0 radical (unpaired) electrons. The first-order valence-electron chi connectivity index (χ1n) is 9.29. The van der Waals surface area contributed by atoms with Crippen molar-refractivity contribution < 1.29 is 23.1 Å². The number of hydrogen-bond acceptors (Lipinski definition) is 3. The maximum Gasteiger partial charge on any atom is 0.261 e. The van der Waals surface area contributed by atoms with E-state index in [1.165, 1.54) is 41.3 Å². The number of benzene rings is 2. The van der Waals surface area contributed by atoms with Gasteiger partial charge in [0.2, 0.25) is 5.91 Å². The number of carbonyl (C=O) groups excluding carboxylic acids is 2. The van der Waals surface area contributed by atoms with Crippen LogP contribution in [0.5, 0.6) is 5.75 Å². The summed E-state index contributed by atoms with van der Waals surface area (Å²) in [5, 5.41) is 2.85. The molecular formula is C22H26F2N2O3. The number of carbonyl (C=O) groups is 2. The summed E-state index contributed by atoms with van der Waals surface area (Å²) in [6, 6.07) is 10.2. The lowest BCUT2D eigenvalue weighted by atomic mass is 10.1. The fraction of sp³-hybridized carbons (Fsp3) is 0.364. The van der Waals surface area contributed by atoms with Crippen LogP contribution in [0.1, 0.15) is 33.3 Å². The first kappa shape index (κ1) is 22.3. The van der Waals surface area contributed by atoms with Crippen LogP contribution in [-0.4, -0.2) is 34.9 Å². The van der Waals surface area contributed by atoms with Crippen molar-refractivity contribution in [3.05, 3.63) is 65.7 Å². The molecule has 1 unspecified atom stereocenters. The summed E-state index contributed by atoms with van der Waals surface area (Å²) < 4.78 is 31.7. The van der Waals surface area contributed by atoms with Crippen molar-refractivity contribution in [3.63, 3.8) is 0 Å². The van der Waals surface area contributed by atoms with Crippen LogP contribution in [0.4, 0.5) is 8.78 Å². The van der Waals surface area contributed by atoms with Gasteiger partial charge in [-0.3, -0.25) is 9.59 Å². The zero-order valence-electron chi connectivity index (χ0n) is 17.0. The monoisotopic (exact) mass is 404 g/mol. The van der Waals surface area contributed by atoms with Crippen LogP contribution in [0.25, 0.3) is 0 Å². The number of rotatable bonds is 7. The third-order valence-corrected chi connectivity index (χ3v) is 4.11. The quantitative estimate of drug-likeness (QED) is 0.766. The van der Waals surface area contributed by atoms with E-state index >= 15 is 0 Å². The van der Waals surface area contributed by atoms with Crippen LogP contribution in [0.3, 0.4) is 0 Å². The Morgan fingerprint density at radius 3 is 2.03 bits per heavy atom. The van der Waals surface area contributed by atoms with Crippen LogP contribution < -0.4 is 10.1 Å². The van der Waals surface area contributed by atoms with E-state index in [2.05, 4.69) is 5.32 Å². The summed E-state index contributed by atoms with van der Waals surface area (Å²) in [6.45, 7) is 6.97. The summed E-state index contributed by atoms with van der Waals surface area (Å²) >= 11 is 0. The predicted octanol–water partition coefficient (Wildman–Crippen LogP) is 3.68. The van der Waals surface area contributed by atoms with Gasteiger partial charge in [0.05, 0.1) is 0 Å². The van der Waals surface area contributed by atoms with Gasteiger partial charge in [-0.25, -0.2) is 8.78 Å². The van der Waals surface area contributed by atoms with Crippen molar-refractivity contribution in [1.29, 1.82) is 0 Å². The van der Waals surface area contributed by atoms with Gasteiger partial charge in [0, 0.05) is 12.1 Å². The number of nitrogens with zero attached hydrogens (tertiary/aromatic N) is 1. The van der Waals surface area contributed by atoms with Crippen LogP contribution >= 0.6 is 0 Å². The molecule has 0 heterocycles. The third-order valence-electron chi connectivity index (χ3n) is 4.11. The van der Waals surface area contributed by atoms with E-state index in [0.29, 0.717) is 11.3 Å². The SMILES string of the molecule is CC(C(=O)NC(C)(C)C)N(Cc1ccc(F)cc1)C(=O)COc1ccc(F)cc1. The highest BCUT2D eigenvalue weighted by molar-refractivity contribution is 5.88. The van der Waals surface area contributed by atoms with E-state index in [0.717, 1.165) is 0 Å². The average molecular weight is 404 g/mol. The summed E-state index contributed by atoms with van der Waals surface area (Å²) in [6.07, 6.45) is 0. The molecule has 0 aliphatic carbocycles. The van der Waals surface area contributed by atoms with Gasteiger partial charge in [0.1, 0.15) is 23.4 Å². The number of nitrogens with one attached hydrogen (secondary N) is 1. The van der Waals surface area contributed by atoms with Crippen molar-refractivity contribution >= 4 is 11.8 Å². The lowest BCUT2D eigenvalue weighted by molar-refractivity contribution is -0.142. The predicted molar refractivity (Wildman–Crippen MR) is 106 cm³/mol. The highest BCUT2D eigenvalue weighted by Gasteiger charge is 2.28. The van der Waals surface area contributed by atoms with Crippen LogP contribution in [0.15, 0.2) is 48.5 Å². The zero-order valence-corrected chi connectivity index (χ0v) is 17.0. The topological polar surface area (TPSA) is 58.6 Å². The van der Waals surface area contributed by atoms with Gasteiger partial charge in [-0.1, -0.05) is 12.1 Å². The molecule has 0 saturated heterocycles. The van der Waals surface area contributed by atoms with Crippen molar-refractivity contribution in [2.45, 2.75) is 45.8 Å². The van der Waals surface area contributed by atoms with Gasteiger partial charge < -0.3 is 15.0 Å². The van der Waals surface area contributed by atoms with Gasteiger partial charge in [-0.2, -0.15) is 0 Å². The summed E-state index contributed by atoms with van der Waals surface area (Å²) in [5.74, 6) is -1.18. The molecule has 1 N–H and O–H groups in total. The molecule has 1 atom stereocenters. The molecule has 7 heteroatoms. The number of amides is 2. The Hall–Kier alpha value is -2.96. The molecule has 0 aromatic heterocycles. The van der Waals surface area contributed by atoms with E-state index in [9.17, 15) is 18.4 Å². The zero-order chi connectivity index (χ0) is 21.6. The van der Waals surface area contributed by atoms with E-state index in [1.807, 2.05) is 20.8 Å². The Balaban J connectivity index is 2.15. The van der Waals surface area contributed by atoms with Crippen LogP contribution in [-0.2, 0) is 16.1 Å². The summed E-state index contributed by atoms with van der Waals surface area (Å²) in [7, 11) is 0. The molecule has 0 bridgehead atoms. The first-order chi connectivity index (χ1) is 13.5. The van der Waals surface area contributed by atoms with Crippen molar-refractivity contribution in [1.82, 2.24) is 10.2 Å². The van der Waals surface area contributed by atoms with Gasteiger partial charge in [0.15, 0.2) is 6.61 Å². The lowest BCUT2D eigenvalue weighted by Crippen LogP contribution is -2.53. The first-order valence-corrected chi connectivity index (χ1v) is 9.29. The molecule has 0 fully saturated rings. The molecule has 0 aliphatic heterocycles. The smallest absolute Gasteiger partial charge is 0.261 e. The Labute approximate surface area is 169 Å². The Morgan fingerprint density at radius 1 is 1.00 bits per heavy atom. The van der Waals surface area contributed by atoms with Crippen molar-refractivity contribution in [2.75, 3.05) is 6.61 Å². The highest BCUT2D eigenvalue weighted by Crippen LogP contribution is 2.14. The number of ether oxygens (including phenoxy) is 1. The second-order valence-corrected chi connectivity index (χ2v) is 7.81. The van der Waals surface area contributed by atoms with E-state index in [1.54, 1.807) is 19.1 Å². The molecule has 0 spiro atoms. The Bertz CT molecular complexity index is 831. The summed E-state index contributed by atoms with van der Waals surface area (Å²) in [4.78, 5) is 26.8. The van der Waals surface area contributed by atoms with Crippen molar-refractivity contribution in [3.8, 4) is 5.75 Å². The standard InChI is InChI=1S/C22H26F2N2O3/c1-15(21(28)25-22(2,3)4)26(13-16-5-7-17(23)8-6-16)20(27)14-29-19-11-9-18(24)10-12-19/h5-12,15H,13-14H2,1-4H3,(H,25,28). The van der Waals surface area contributed by atoms with E-state index in [-0.39, 0.29) is 24.9 Å². The van der Waals surface area contributed by atoms with E-state index in [4.69, 9.17) is 4.74 Å². The minimum absolute atomic E-state index is 0.116. The number of hydrogen-bond donors (Lipinski definition) is 1. The molecular weight excluding hydrogens is 378 g/mol. The van der Waals surface area contributed by atoms with Gasteiger partial charge in [-0.15, -0.1) is 0 Å². The second-order valence-electron chi connectivity index (χ2n) is 7.81. The molecule has 0 aliphatic rings. The van der Waals surface area contributed by atoms with Crippen LogP contribution in [0.2, 0.25) is 0 Å². The van der Waals surface area contributed by atoms with Gasteiger partial charge >= 0.3 is 0 Å². The lowest BCUT2D eigenvalue weighted by Gasteiger charge is -2.31. The third kappa shape index (κ3) is 7.18. The molecule has 0 saturated carbocycles. The minimum atomic E-state index is -0.774. The fourth-order valence-corrected chi connectivity index (χ4v) is 2.60. The Kier molecular flexibility index (Phi) is 7.31. The molecule has 156 valence electrons. The molecule has 5 nitrogen and oxygen atoms in total. The Morgan fingerprint density at radius 2 is 1.52 bits per heavy atom. The largest absolute Gasteiger partial charge is 0.484 e. The molecule has 2 amide bonds. The van der Waals surface area contributed by atoms with Crippen LogP contribution in [0, 0.1) is 11.6 Å². The molecule has 2 aromatic carbocycles. The maximum atomic E-state index is 13.2. The van der Waals surface area contributed by atoms with Gasteiger partial charge in [0.25, 0.3) is 5.91 Å². The molecule has 2 aromatic rings. The summed E-state index contributed by atoms with van der Waals surface area (Å²) in [5.41, 5.74) is 0.220. The second kappa shape index (κ2) is 9.49. The fourth-order valence-electron chi connectivity index (χ4n) is 2.60. The van der Waals surface area contributed by atoms with Crippen molar-refractivity contribution in [2.24, 2.45) is 0 Å². The molecule has 2 rings (SSSR count). The average Bonchev–Trinajstić information content (AvgIpc) is 2.65. The molecule has 29 heavy (non-hydrogen) atoms. The normalized spacial score (nSPS) is 12.2. The highest BCUT2D eigenvalue weighted by atomic mass is 19.1. The maximum absolute atomic E-state index is 13.2. The number of halogens is 2. The minimum Gasteiger partial charge on any atom is -0.484 e. The van der Waals surface area contributed by atoms with Gasteiger partial charge in [-0.05, 0) is 69.7 Å².